The Hall–Kier alpha value is -7.56. The molecule has 85 heavy (non-hydrogen) atoms. The minimum absolute atomic E-state index is 0.00175. The van der Waals surface area contributed by atoms with Gasteiger partial charge in [-0.05, 0) is 183 Å². The van der Waals surface area contributed by atoms with Crippen molar-refractivity contribution in [2.24, 2.45) is 5.41 Å². The molecule has 0 fully saturated rings. The third kappa shape index (κ3) is 11.1. The van der Waals surface area contributed by atoms with E-state index in [0.717, 1.165) is 29.9 Å². The number of rotatable bonds is 9. The zero-order valence-electron chi connectivity index (χ0n) is 54.1. The smallest absolute Gasteiger partial charge is 0.252 e. The second-order valence-electron chi connectivity index (χ2n) is 31.1. The van der Waals surface area contributed by atoms with Crippen molar-refractivity contribution in [2.75, 3.05) is 14.7 Å². The van der Waals surface area contributed by atoms with Crippen LogP contribution in [0.25, 0.3) is 22.3 Å². The Morgan fingerprint density at radius 3 is 1.24 bits per heavy atom. The van der Waals surface area contributed by atoms with Crippen molar-refractivity contribution in [3.8, 4) is 22.3 Å². The van der Waals surface area contributed by atoms with Gasteiger partial charge in [0.15, 0.2) is 0 Å². The quantitative estimate of drug-likeness (QED) is 0.133. The van der Waals surface area contributed by atoms with E-state index in [9.17, 15) is 0 Å². The second-order valence-corrected chi connectivity index (χ2v) is 31.1. The molecule has 12 rings (SSSR count). The molecule has 0 N–H and O–H groups in total. The maximum atomic E-state index is 2.74. The molecule has 432 valence electrons. The lowest BCUT2D eigenvalue weighted by molar-refractivity contribution is 0.392. The van der Waals surface area contributed by atoms with E-state index in [-0.39, 0.29) is 39.2 Å². The van der Waals surface area contributed by atoms with Gasteiger partial charge in [0, 0.05) is 47.2 Å². The summed E-state index contributed by atoms with van der Waals surface area (Å²) in [6.45, 7) is 41.1. The first kappa shape index (κ1) is 57.9. The molecule has 0 radical (unpaired) electrons. The molecule has 0 spiro atoms. The third-order valence-electron chi connectivity index (χ3n) is 18.8. The molecule has 3 nitrogen and oxygen atoms in total. The number of hydrogen-bond acceptors (Lipinski definition) is 3. The Kier molecular flexibility index (Phi) is 14.2. The topological polar surface area (TPSA) is 9.72 Å². The Morgan fingerprint density at radius 1 is 0.365 bits per heavy atom. The molecule has 4 heteroatoms. The van der Waals surface area contributed by atoms with Crippen LogP contribution in [0.3, 0.4) is 0 Å². The lowest BCUT2D eigenvalue weighted by atomic mass is 9.33. The Balaban J connectivity index is 1.16. The Labute approximate surface area is 511 Å². The largest absolute Gasteiger partial charge is 0.338 e. The van der Waals surface area contributed by atoms with Crippen molar-refractivity contribution in [2.45, 2.75) is 171 Å². The van der Waals surface area contributed by atoms with E-state index in [2.05, 4.69) is 320 Å². The van der Waals surface area contributed by atoms with Gasteiger partial charge in [-0.3, -0.25) is 0 Å². The van der Waals surface area contributed by atoms with Crippen LogP contribution < -0.4 is 31.1 Å². The summed E-state index contributed by atoms with van der Waals surface area (Å²) in [5, 5.41) is 0. The van der Waals surface area contributed by atoms with Crippen molar-refractivity contribution >= 4 is 62.9 Å². The maximum absolute atomic E-state index is 2.74. The molecule has 2 heterocycles. The normalized spacial score (nSPS) is 14.7. The summed E-state index contributed by atoms with van der Waals surface area (Å²) in [6.07, 6.45) is 2.13. The molecule has 2 aliphatic heterocycles. The molecular formula is C81H90BN3. The maximum Gasteiger partial charge on any atom is 0.252 e. The van der Waals surface area contributed by atoms with E-state index >= 15 is 0 Å². The summed E-state index contributed by atoms with van der Waals surface area (Å²) >= 11 is 0. The summed E-state index contributed by atoms with van der Waals surface area (Å²) in [6, 6.07) is 73.8. The van der Waals surface area contributed by atoms with Crippen LogP contribution in [0.5, 0.6) is 0 Å². The molecule has 9 aromatic rings. The molecule has 0 unspecified atom stereocenters. The van der Waals surface area contributed by atoms with E-state index in [0.29, 0.717) is 13.1 Å². The fourth-order valence-corrected chi connectivity index (χ4v) is 13.8. The van der Waals surface area contributed by atoms with Crippen LogP contribution in [0.2, 0.25) is 0 Å². The standard InChI is InChI=1S/C81H90BN3/c1-76(2,3)59-31-27-54(28-32-59)68-46-63(80(13,14)15)33-29-55(68)51-83-71-26-22-21-25-69(71)82-70-43-57-49-81(16,17)50-58(57)44-72(70)84(52-56-30-34-62(79(10,11)12)45-67(56)53-23-19-18-20-24-53)74-48-66(47-73(83)75(74)82)85(64-39-35-60(36-40-64)77(4,5)6)65-41-37-61(38-42-65)78(7,8)9/h18-48H,49-52H2,1-17H3. The van der Waals surface area contributed by atoms with Gasteiger partial charge in [-0.1, -0.05) is 257 Å². The summed E-state index contributed by atoms with van der Waals surface area (Å²) in [4.78, 5) is 7.98. The molecule has 3 aliphatic rings. The van der Waals surface area contributed by atoms with Crippen LogP contribution >= 0.6 is 0 Å². The van der Waals surface area contributed by atoms with E-state index in [1.54, 1.807) is 0 Å². The van der Waals surface area contributed by atoms with Crippen LogP contribution in [0.4, 0.5) is 39.8 Å². The minimum atomic E-state index is -0.0315. The van der Waals surface area contributed by atoms with Gasteiger partial charge in [0.25, 0.3) is 6.71 Å². The van der Waals surface area contributed by atoms with Gasteiger partial charge < -0.3 is 14.7 Å². The third-order valence-corrected chi connectivity index (χ3v) is 18.8. The number of fused-ring (bicyclic) bond motifs is 5. The summed E-state index contributed by atoms with van der Waals surface area (Å²) < 4.78 is 0. The number of benzene rings is 9. The van der Waals surface area contributed by atoms with Crippen molar-refractivity contribution in [1.82, 2.24) is 0 Å². The van der Waals surface area contributed by atoms with E-state index in [4.69, 9.17) is 0 Å². The van der Waals surface area contributed by atoms with E-state index in [1.807, 2.05) is 0 Å². The van der Waals surface area contributed by atoms with Crippen LogP contribution in [0.15, 0.2) is 188 Å². The first-order chi connectivity index (χ1) is 40.0. The molecule has 0 saturated heterocycles. The number of anilines is 7. The first-order valence-corrected chi connectivity index (χ1v) is 31.4. The van der Waals surface area contributed by atoms with Gasteiger partial charge in [-0.15, -0.1) is 0 Å². The Morgan fingerprint density at radius 2 is 0.765 bits per heavy atom. The molecule has 0 bridgehead atoms. The number of para-hydroxylation sites is 1. The monoisotopic (exact) mass is 1120 g/mol. The minimum Gasteiger partial charge on any atom is -0.338 e. The van der Waals surface area contributed by atoms with Crippen LogP contribution in [0, 0.1) is 5.41 Å². The van der Waals surface area contributed by atoms with Crippen LogP contribution in [-0.4, -0.2) is 6.71 Å². The van der Waals surface area contributed by atoms with Gasteiger partial charge in [-0.25, -0.2) is 0 Å². The summed E-state index contributed by atoms with van der Waals surface area (Å²) in [5.74, 6) is 0. The summed E-state index contributed by atoms with van der Waals surface area (Å²) in [7, 11) is 0. The Bertz CT molecular complexity index is 3920. The number of hydrogen-bond donors (Lipinski definition) is 0. The highest BCUT2D eigenvalue weighted by atomic mass is 15.2. The van der Waals surface area contributed by atoms with E-state index < -0.39 is 0 Å². The van der Waals surface area contributed by atoms with Crippen molar-refractivity contribution in [1.29, 1.82) is 0 Å². The fraction of sp³-hybridized carbons (Fsp3) is 0.333. The first-order valence-electron chi connectivity index (χ1n) is 31.4. The molecule has 9 aromatic carbocycles. The van der Waals surface area contributed by atoms with Gasteiger partial charge in [0.1, 0.15) is 0 Å². The van der Waals surface area contributed by atoms with Crippen LogP contribution in [0.1, 0.15) is 168 Å². The molecule has 1 aliphatic carbocycles. The fourth-order valence-electron chi connectivity index (χ4n) is 13.8. The average Bonchev–Trinajstić information content (AvgIpc) is 1.35. The molecule has 0 saturated carbocycles. The second kappa shape index (κ2) is 20.9. The average molecular weight is 1120 g/mol. The van der Waals surface area contributed by atoms with Gasteiger partial charge in [0.2, 0.25) is 0 Å². The highest BCUT2D eigenvalue weighted by Gasteiger charge is 2.45. The van der Waals surface area contributed by atoms with Gasteiger partial charge >= 0.3 is 0 Å². The summed E-state index contributed by atoms with van der Waals surface area (Å²) in [5.41, 5.74) is 30.1. The lowest BCUT2D eigenvalue weighted by Crippen LogP contribution is -2.62. The highest BCUT2D eigenvalue weighted by molar-refractivity contribution is 7.00. The zero-order valence-corrected chi connectivity index (χ0v) is 54.1. The SMILES string of the molecule is CC1(C)Cc2cc3c(cc2C1)N(Cc1ccc(C(C)(C)C)cc1-c1ccccc1)c1cc(N(c2ccc(C(C)(C)C)cc2)c2ccc(C(C)(C)C)cc2)cc2c1B3c1ccccc1N2Cc1ccc(C(C)(C)C)cc1-c1ccc(C(C)(C)C)cc1. The molecule has 0 aromatic heterocycles. The predicted molar refractivity (Wildman–Crippen MR) is 369 cm³/mol. The van der Waals surface area contributed by atoms with Gasteiger partial charge in [0.05, 0.1) is 5.69 Å². The molecule has 0 atom stereocenters. The predicted octanol–water partition coefficient (Wildman–Crippen LogP) is 19.9. The highest BCUT2D eigenvalue weighted by Crippen LogP contribution is 2.49. The lowest BCUT2D eigenvalue weighted by Gasteiger charge is -2.45. The zero-order chi connectivity index (χ0) is 60.3. The molecule has 0 amide bonds. The number of nitrogens with zero attached hydrogens (tertiary/aromatic N) is 3. The van der Waals surface area contributed by atoms with E-state index in [1.165, 1.54) is 111 Å². The van der Waals surface area contributed by atoms with Crippen LogP contribution in [-0.2, 0) is 53.0 Å². The van der Waals surface area contributed by atoms with Crippen molar-refractivity contribution in [3.05, 3.63) is 238 Å². The van der Waals surface area contributed by atoms with Crippen molar-refractivity contribution < 1.29 is 0 Å². The van der Waals surface area contributed by atoms with Crippen molar-refractivity contribution in [3.63, 3.8) is 0 Å². The molecular weight excluding hydrogens is 1030 g/mol. The van der Waals surface area contributed by atoms with Gasteiger partial charge in [-0.2, -0.15) is 0 Å².